The van der Waals surface area contributed by atoms with Crippen LogP contribution in [0.1, 0.15) is 10.4 Å². The minimum atomic E-state index is -0.508. The van der Waals surface area contributed by atoms with Crippen LogP contribution in [0.3, 0.4) is 0 Å². The minimum Gasteiger partial charge on any atom is -0.207 e. The fourth-order valence-electron chi connectivity index (χ4n) is 1.36. The lowest BCUT2D eigenvalue weighted by Gasteiger charge is -1.94. The average Bonchev–Trinajstić information content (AvgIpc) is 2.32. The van der Waals surface area contributed by atoms with Gasteiger partial charge in [0.25, 0.3) is 0 Å². The zero-order valence-electron chi connectivity index (χ0n) is 7.32. The third kappa shape index (κ3) is 1.23. The molecule has 0 amide bonds. The molecule has 1 aromatic carbocycles. The molecule has 0 atom stereocenters. The first kappa shape index (κ1) is 8.63. The summed E-state index contributed by atoms with van der Waals surface area (Å²) in [7, 11) is 0. The summed E-state index contributed by atoms with van der Waals surface area (Å²) in [5.74, 6) is -0.970. The molecule has 2 aromatic rings. The van der Waals surface area contributed by atoms with Gasteiger partial charge in [0.1, 0.15) is 11.6 Å². The number of fused-ring (bicyclic) bond motifs is 1. The van der Waals surface area contributed by atoms with Crippen molar-refractivity contribution in [3.8, 4) is 0 Å². The van der Waals surface area contributed by atoms with Crippen LogP contribution in [0.2, 0.25) is 0 Å². The zero-order chi connectivity index (χ0) is 9.59. The van der Waals surface area contributed by atoms with Crippen molar-refractivity contribution in [2.24, 2.45) is 0 Å². The second-order valence-corrected chi connectivity index (χ2v) is 4.27. The molecule has 0 bridgehead atoms. The molecular formula is C10H8F2S. The lowest BCUT2D eigenvalue weighted by atomic mass is 10.1. The van der Waals surface area contributed by atoms with Crippen LogP contribution in [0.4, 0.5) is 8.78 Å². The standard InChI is InChI=1S/C10H8F2S/c1-5-6(2)13-10-8(5)3-7(11)4-9(10)12/h3-4H,1-2H3. The smallest absolute Gasteiger partial charge is 0.143 e. The molecular weight excluding hydrogens is 190 g/mol. The topological polar surface area (TPSA) is 0 Å². The molecule has 0 aliphatic rings. The van der Waals surface area contributed by atoms with E-state index in [0.717, 1.165) is 16.5 Å². The monoisotopic (exact) mass is 198 g/mol. The summed E-state index contributed by atoms with van der Waals surface area (Å²) in [4.78, 5) is 1.04. The second kappa shape index (κ2) is 2.77. The third-order valence-corrected chi connectivity index (χ3v) is 3.43. The number of halogens is 2. The molecule has 0 N–H and O–H groups in total. The number of aryl methyl sites for hydroxylation is 2. The van der Waals surface area contributed by atoms with Gasteiger partial charge in [-0.15, -0.1) is 11.3 Å². The number of rotatable bonds is 0. The van der Waals surface area contributed by atoms with Crippen LogP contribution in [-0.4, -0.2) is 0 Å². The van der Waals surface area contributed by atoms with Crippen LogP contribution in [-0.2, 0) is 0 Å². The Morgan fingerprint density at radius 1 is 1.15 bits per heavy atom. The van der Waals surface area contributed by atoms with E-state index in [1.54, 1.807) is 0 Å². The van der Waals surface area contributed by atoms with Crippen LogP contribution >= 0.6 is 11.3 Å². The fourth-order valence-corrected chi connectivity index (χ4v) is 2.41. The molecule has 0 radical (unpaired) electrons. The predicted octanol–water partition coefficient (Wildman–Crippen LogP) is 3.80. The van der Waals surface area contributed by atoms with Gasteiger partial charge in [0.15, 0.2) is 0 Å². The molecule has 3 heteroatoms. The summed E-state index contributed by atoms with van der Waals surface area (Å²) < 4.78 is 26.6. The largest absolute Gasteiger partial charge is 0.207 e. The van der Waals surface area contributed by atoms with E-state index in [1.807, 2.05) is 13.8 Å². The van der Waals surface area contributed by atoms with Crippen molar-refractivity contribution in [2.45, 2.75) is 13.8 Å². The van der Waals surface area contributed by atoms with Crippen molar-refractivity contribution in [3.05, 3.63) is 34.2 Å². The molecule has 68 valence electrons. The summed E-state index contributed by atoms with van der Waals surface area (Å²) in [6, 6.07) is 2.31. The lowest BCUT2D eigenvalue weighted by molar-refractivity contribution is 0.593. The van der Waals surface area contributed by atoms with Gasteiger partial charge in [-0.2, -0.15) is 0 Å². The lowest BCUT2D eigenvalue weighted by Crippen LogP contribution is -1.79. The molecule has 0 aliphatic carbocycles. The van der Waals surface area contributed by atoms with Gasteiger partial charge in [0.2, 0.25) is 0 Å². The Balaban J connectivity index is 2.94. The summed E-state index contributed by atoms with van der Waals surface area (Å²) in [6.07, 6.45) is 0. The van der Waals surface area contributed by atoms with Gasteiger partial charge in [-0.1, -0.05) is 0 Å². The van der Waals surface area contributed by atoms with E-state index in [0.29, 0.717) is 10.1 Å². The Hall–Kier alpha value is -0.960. The van der Waals surface area contributed by atoms with Crippen LogP contribution in [0.5, 0.6) is 0 Å². The highest BCUT2D eigenvalue weighted by molar-refractivity contribution is 7.19. The number of benzene rings is 1. The summed E-state index contributed by atoms with van der Waals surface area (Å²) in [5.41, 5.74) is 0.971. The molecule has 13 heavy (non-hydrogen) atoms. The molecule has 0 fully saturated rings. The van der Waals surface area contributed by atoms with Gasteiger partial charge in [-0.05, 0) is 25.5 Å². The Labute approximate surface area is 78.8 Å². The highest BCUT2D eigenvalue weighted by Gasteiger charge is 2.10. The van der Waals surface area contributed by atoms with Crippen LogP contribution in [0.25, 0.3) is 10.1 Å². The summed E-state index contributed by atoms with van der Waals surface area (Å²) >= 11 is 1.37. The Morgan fingerprint density at radius 3 is 2.54 bits per heavy atom. The SMILES string of the molecule is Cc1sc2c(F)cc(F)cc2c1C. The summed E-state index contributed by atoms with van der Waals surface area (Å²) in [6.45, 7) is 3.80. The minimum absolute atomic E-state index is 0.462. The maximum absolute atomic E-state index is 13.2. The van der Waals surface area contributed by atoms with Gasteiger partial charge < -0.3 is 0 Å². The van der Waals surface area contributed by atoms with E-state index < -0.39 is 11.6 Å². The molecule has 0 saturated heterocycles. The van der Waals surface area contributed by atoms with E-state index in [9.17, 15) is 8.78 Å². The maximum Gasteiger partial charge on any atom is 0.143 e. The molecule has 0 unspecified atom stereocenters. The Kier molecular flexibility index (Phi) is 1.84. The maximum atomic E-state index is 13.2. The highest BCUT2D eigenvalue weighted by Crippen LogP contribution is 2.32. The van der Waals surface area contributed by atoms with E-state index >= 15 is 0 Å². The first-order valence-corrected chi connectivity index (χ1v) is 4.76. The van der Waals surface area contributed by atoms with Gasteiger partial charge in [0.05, 0.1) is 4.70 Å². The highest BCUT2D eigenvalue weighted by atomic mass is 32.1. The van der Waals surface area contributed by atoms with Crippen molar-refractivity contribution in [1.82, 2.24) is 0 Å². The molecule has 1 heterocycles. The zero-order valence-corrected chi connectivity index (χ0v) is 8.14. The fraction of sp³-hybridized carbons (Fsp3) is 0.200. The Morgan fingerprint density at radius 2 is 1.85 bits per heavy atom. The molecule has 1 aromatic heterocycles. The Bertz CT molecular complexity index is 471. The van der Waals surface area contributed by atoms with E-state index in [4.69, 9.17) is 0 Å². The normalized spacial score (nSPS) is 11.1. The molecule has 0 nitrogen and oxygen atoms in total. The van der Waals surface area contributed by atoms with Crippen LogP contribution < -0.4 is 0 Å². The van der Waals surface area contributed by atoms with Gasteiger partial charge in [-0.3, -0.25) is 0 Å². The van der Waals surface area contributed by atoms with Crippen molar-refractivity contribution < 1.29 is 8.78 Å². The second-order valence-electron chi connectivity index (χ2n) is 3.05. The number of thiophene rings is 1. The molecule has 0 spiro atoms. The first-order valence-electron chi connectivity index (χ1n) is 3.94. The van der Waals surface area contributed by atoms with Gasteiger partial charge in [0, 0.05) is 16.3 Å². The molecule has 0 aliphatic heterocycles. The van der Waals surface area contributed by atoms with Crippen molar-refractivity contribution >= 4 is 21.4 Å². The third-order valence-electron chi connectivity index (χ3n) is 2.20. The summed E-state index contributed by atoms with van der Waals surface area (Å²) in [5, 5.41) is 0.694. The van der Waals surface area contributed by atoms with Crippen LogP contribution in [0.15, 0.2) is 12.1 Å². The van der Waals surface area contributed by atoms with Crippen molar-refractivity contribution in [2.75, 3.05) is 0 Å². The van der Waals surface area contributed by atoms with Gasteiger partial charge >= 0.3 is 0 Å². The van der Waals surface area contributed by atoms with E-state index in [-0.39, 0.29) is 0 Å². The first-order chi connectivity index (χ1) is 6.09. The van der Waals surface area contributed by atoms with Gasteiger partial charge in [-0.25, -0.2) is 8.78 Å². The molecule has 2 rings (SSSR count). The van der Waals surface area contributed by atoms with E-state index in [1.165, 1.54) is 17.4 Å². The molecule has 0 saturated carbocycles. The van der Waals surface area contributed by atoms with Crippen molar-refractivity contribution in [3.63, 3.8) is 0 Å². The van der Waals surface area contributed by atoms with Crippen LogP contribution in [0, 0.1) is 25.5 Å². The van der Waals surface area contributed by atoms with E-state index in [2.05, 4.69) is 0 Å². The van der Waals surface area contributed by atoms with Crippen molar-refractivity contribution in [1.29, 1.82) is 0 Å². The number of hydrogen-bond acceptors (Lipinski definition) is 1. The average molecular weight is 198 g/mol. The quantitative estimate of drug-likeness (QED) is 0.604. The number of hydrogen-bond donors (Lipinski definition) is 0. The predicted molar refractivity (Wildman–Crippen MR) is 51.2 cm³/mol.